The minimum atomic E-state index is 0.00812. The molecule has 4 N–H and O–H groups in total. The molecular weight excluding hydrogens is 548 g/mol. The summed E-state index contributed by atoms with van der Waals surface area (Å²) in [5, 5.41) is 6.04. The van der Waals surface area contributed by atoms with E-state index < -0.39 is 0 Å². The third kappa shape index (κ3) is 7.80. The summed E-state index contributed by atoms with van der Waals surface area (Å²) in [5.74, 6) is 1.67. The highest BCUT2D eigenvalue weighted by Gasteiger charge is 2.26. The van der Waals surface area contributed by atoms with Gasteiger partial charge in [-0.3, -0.25) is 0 Å². The van der Waals surface area contributed by atoms with Gasteiger partial charge in [0.15, 0.2) is 0 Å². The summed E-state index contributed by atoms with van der Waals surface area (Å²) in [7, 11) is 2.06. The molecule has 1 aromatic carbocycles. The molecule has 0 amide bonds. The van der Waals surface area contributed by atoms with E-state index in [4.69, 9.17) is 5.73 Å². The molecule has 6 rings (SSSR count). The first kappa shape index (κ1) is 31.8. The molecule has 4 atom stereocenters. The largest absolute Gasteiger partial charge is 0.399 e. The van der Waals surface area contributed by atoms with Gasteiger partial charge in [0.25, 0.3) is 0 Å². The molecule has 0 heterocycles. The van der Waals surface area contributed by atoms with Crippen molar-refractivity contribution in [3.63, 3.8) is 0 Å². The van der Waals surface area contributed by atoms with E-state index >= 15 is 0 Å². The second kappa shape index (κ2) is 15.4. The van der Waals surface area contributed by atoms with Crippen LogP contribution in [0.25, 0.3) is 0 Å². The Morgan fingerprint density at radius 3 is 2.64 bits per heavy atom. The van der Waals surface area contributed by atoms with Crippen LogP contribution in [0.4, 0.5) is 0 Å². The van der Waals surface area contributed by atoms with Crippen LogP contribution in [0.1, 0.15) is 101 Å². The van der Waals surface area contributed by atoms with Crippen LogP contribution in [-0.4, -0.2) is 25.1 Å². The van der Waals surface area contributed by atoms with Crippen molar-refractivity contribution < 1.29 is 0 Å². The second-order valence-electron chi connectivity index (χ2n) is 13.6. The van der Waals surface area contributed by atoms with Gasteiger partial charge in [-0.1, -0.05) is 110 Å². The summed E-state index contributed by atoms with van der Waals surface area (Å²) >= 11 is 0. The Morgan fingerprint density at radius 2 is 1.84 bits per heavy atom. The molecule has 0 aromatic heterocycles. The highest BCUT2D eigenvalue weighted by Crippen LogP contribution is 2.37. The lowest BCUT2D eigenvalue weighted by Crippen LogP contribution is -2.48. The smallest absolute Gasteiger partial charge is 0.0963 e. The van der Waals surface area contributed by atoms with E-state index in [1.807, 2.05) is 0 Å². The first-order valence-electron chi connectivity index (χ1n) is 17.7. The molecule has 0 fully saturated rings. The molecule has 45 heavy (non-hydrogen) atoms. The Kier molecular flexibility index (Phi) is 10.9. The molecule has 4 unspecified atom stereocenters. The molecule has 0 bridgehead atoms. The van der Waals surface area contributed by atoms with E-state index in [0.717, 1.165) is 63.7 Å². The Bertz CT molecular complexity index is 1430. The molecule has 1 aromatic rings. The molecule has 0 spiro atoms. The van der Waals surface area contributed by atoms with Gasteiger partial charge in [0, 0.05) is 24.7 Å². The van der Waals surface area contributed by atoms with Crippen molar-refractivity contribution in [2.45, 2.75) is 89.6 Å². The number of hydrogen-bond donors (Lipinski definition) is 3. The van der Waals surface area contributed by atoms with Crippen molar-refractivity contribution in [1.82, 2.24) is 15.8 Å². The minimum absolute atomic E-state index is 0.00812. The van der Waals surface area contributed by atoms with Crippen LogP contribution < -0.4 is 16.5 Å². The molecule has 4 heteroatoms. The van der Waals surface area contributed by atoms with Crippen molar-refractivity contribution in [3.8, 4) is 0 Å². The van der Waals surface area contributed by atoms with Crippen molar-refractivity contribution in [3.05, 3.63) is 130 Å². The zero-order valence-corrected chi connectivity index (χ0v) is 27.6. The van der Waals surface area contributed by atoms with E-state index in [9.17, 15) is 0 Å². The summed E-state index contributed by atoms with van der Waals surface area (Å²) in [6, 6.07) is 9.34. The van der Waals surface area contributed by atoms with Crippen LogP contribution in [0.15, 0.2) is 119 Å². The number of nitrogens with zero attached hydrogens (tertiary/aromatic N) is 1. The molecule has 0 saturated carbocycles. The van der Waals surface area contributed by atoms with E-state index in [2.05, 4.69) is 115 Å². The maximum Gasteiger partial charge on any atom is 0.0963 e. The van der Waals surface area contributed by atoms with Crippen LogP contribution >= 0.6 is 0 Å². The second-order valence-corrected chi connectivity index (χ2v) is 13.6. The van der Waals surface area contributed by atoms with Crippen molar-refractivity contribution in [2.75, 3.05) is 20.1 Å². The van der Waals surface area contributed by atoms with E-state index in [1.165, 1.54) is 53.5 Å². The molecule has 0 radical (unpaired) electrons. The lowest BCUT2D eigenvalue weighted by atomic mass is 9.79. The number of allylic oxidation sites excluding steroid dienone is 13. The van der Waals surface area contributed by atoms with Gasteiger partial charge in [0.2, 0.25) is 0 Å². The highest BCUT2D eigenvalue weighted by molar-refractivity contribution is 5.43. The monoisotopic (exact) mass is 602 g/mol. The number of nitrogens with two attached hydrogens (primary N) is 1. The fourth-order valence-electron chi connectivity index (χ4n) is 8.02. The average Bonchev–Trinajstić information content (AvgIpc) is 3.09. The highest BCUT2D eigenvalue weighted by atomic mass is 15.5. The zero-order chi connectivity index (χ0) is 31.0. The summed E-state index contributed by atoms with van der Waals surface area (Å²) in [5.41, 5.74) is 21.8. The van der Waals surface area contributed by atoms with E-state index in [-0.39, 0.29) is 6.17 Å². The third-order valence-corrected chi connectivity index (χ3v) is 10.6. The zero-order valence-electron chi connectivity index (χ0n) is 27.6. The lowest BCUT2D eigenvalue weighted by molar-refractivity contribution is 0.141. The molecule has 0 saturated heterocycles. The van der Waals surface area contributed by atoms with Crippen LogP contribution in [0, 0.1) is 11.8 Å². The first-order chi connectivity index (χ1) is 22.1. The van der Waals surface area contributed by atoms with Crippen molar-refractivity contribution in [2.24, 2.45) is 17.6 Å². The number of hydrogen-bond acceptors (Lipinski definition) is 4. The van der Waals surface area contributed by atoms with Crippen molar-refractivity contribution >= 4 is 0 Å². The van der Waals surface area contributed by atoms with Gasteiger partial charge in [-0.2, -0.15) is 0 Å². The van der Waals surface area contributed by atoms with Gasteiger partial charge in [-0.15, -0.1) is 0 Å². The predicted molar refractivity (Wildman–Crippen MR) is 190 cm³/mol. The Balaban J connectivity index is 1.18. The van der Waals surface area contributed by atoms with Gasteiger partial charge in [0.1, 0.15) is 0 Å². The maximum atomic E-state index is 6.82. The third-order valence-electron chi connectivity index (χ3n) is 10.6. The fraction of sp³-hybridized carbons (Fsp3) is 0.463. The van der Waals surface area contributed by atoms with Gasteiger partial charge in [-0.05, 0) is 111 Å². The van der Waals surface area contributed by atoms with Crippen LogP contribution in [0.2, 0.25) is 0 Å². The number of benzene rings is 1. The Morgan fingerprint density at radius 1 is 0.978 bits per heavy atom. The first-order valence-corrected chi connectivity index (χ1v) is 17.7. The lowest BCUT2D eigenvalue weighted by Gasteiger charge is -2.36. The van der Waals surface area contributed by atoms with Crippen LogP contribution in [0.3, 0.4) is 0 Å². The summed E-state index contributed by atoms with van der Waals surface area (Å²) < 4.78 is 0. The van der Waals surface area contributed by atoms with E-state index in [0.29, 0.717) is 17.8 Å². The topological polar surface area (TPSA) is 53.3 Å². The van der Waals surface area contributed by atoms with Gasteiger partial charge < -0.3 is 11.1 Å². The quantitative estimate of drug-likeness (QED) is 0.127. The maximum absolute atomic E-state index is 6.82. The molecule has 5 aliphatic carbocycles. The number of nitrogens with one attached hydrogen (secondary N) is 2. The molecule has 5 aliphatic rings. The standard InChI is InChI=1S/C41H54N4/c1-3-12-33-17-10-21-38(40(33)42)29-45(28-37-20-9-16-32-15-7-8-22-39(32)37)44-41(43-2)34-25-23-31(24-26-34)36-19-11-18-35(27-36)30-13-5-4-6-14-30/h4-5,7,9,11,15-16,18-19,21,23-26,30,36-37,41,43-44H,3,6,8,10,12-14,17,20,22,27-29,42H2,1-2H3. The molecular formula is C41H54N4. The van der Waals surface area contributed by atoms with Gasteiger partial charge in [-0.25, -0.2) is 10.4 Å². The summed E-state index contributed by atoms with van der Waals surface area (Å²) in [6.45, 7) is 4.02. The predicted octanol–water partition coefficient (Wildman–Crippen LogP) is 8.99. The Labute approximate surface area is 272 Å². The fourth-order valence-corrected chi connectivity index (χ4v) is 8.02. The minimum Gasteiger partial charge on any atom is -0.399 e. The van der Waals surface area contributed by atoms with E-state index in [1.54, 1.807) is 11.1 Å². The molecule has 4 nitrogen and oxygen atoms in total. The van der Waals surface area contributed by atoms with Gasteiger partial charge >= 0.3 is 0 Å². The summed E-state index contributed by atoms with van der Waals surface area (Å²) in [6.07, 6.45) is 36.2. The van der Waals surface area contributed by atoms with Crippen LogP contribution in [0.5, 0.6) is 0 Å². The number of rotatable bonds is 12. The molecule has 0 aliphatic heterocycles. The number of hydrazine groups is 1. The SMILES string of the molecule is CCCC1=C(N)C(CN(CC2CC=CC3=C2CCC=C3)NC(NC)c2ccc(C3C=CC=C(C4CC=CCC4)C3)cc2)=CCC1. The van der Waals surface area contributed by atoms with Crippen molar-refractivity contribution in [1.29, 1.82) is 0 Å². The Hall–Kier alpha value is -3.18. The van der Waals surface area contributed by atoms with Crippen LogP contribution in [-0.2, 0) is 0 Å². The average molecular weight is 603 g/mol. The summed E-state index contributed by atoms with van der Waals surface area (Å²) in [4.78, 5) is 0. The van der Waals surface area contributed by atoms with Gasteiger partial charge in [0.05, 0.1) is 6.17 Å². The molecule has 238 valence electrons. The normalized spacial score (nSPS) is 25.4.